The maximum Gasteiger partial charge on any atom is 0.228 e. The predicted octanol–water partition coefficient (Wildman–Crippen LogP) is 1.67. The Morgan fingerprint density at radius 1 is 1.29 bits per heavy atom. The third-order valence-electron chi connectivity index (χ3n) is 5.17. The third kappa shape index (κ3) is 2.58. The van der Waals surface area contributed by atoms with E-state index in [-0.39, 0.29) is 11.9 Å². The molecule has 0 bridgehead atoms. The smallest absolute Gasteiger partial charge is 0.228 e. The largest absolute Gasteiger partial charge is 0.390 e. The van der Waals surface area contributed by atoms with E-state index >= 15 is 0 Å². The van der Waals surface area contributed by atoms with Crippen molar-refractivity contribution in [2.45, 2.75) is 50.7 Å². The topological polar surface area (TPSA) is 75.4 Å². The number of benzene rings is 1. The van der Waals surface area contributed by atoms with Crippen molar-refractivity contribution in [2.24, 2.45) is 11.1 Å². The summed E-state index contributed by atoms with van der Waals surface area (Å²) in [5, 5.41) is 13.3. The van der Waals surface area contributed by atoms with E-state index in [9.17, 15) is 9.90 Å². The zero-order valence-electron chi connectivity index (χ0n) is 12.3. The lowest BCUT2D eigenvalue weighted by atomic mass is 9.73. The molecule has 1 aromatic carbocycles. The summed E-state index contributed by atoms with van der Waals surface area (Å²) >= 11 is 0. The summed E-state index contributed by atoms with van der Waals surface area (Å²) in [5.74, 6) is 0.0189. The van der Waals surface area contributed by atoms with Gasteiger partial charge < -0.3 is 16.2 Å². The fraction of sp³-hybridized carbons (Fsp3) is 0.588. The van der Waals surface area contributed by atoms with Crippen LogP contribution in [0.25, 0.3) is 0 Å². The normalized spacial score (nSPS) is 27.1. The van der Waals surface area contributed by atoms with Crippen molar-refractivity contribution in [3.8, 4) is 0 Å². The number of aliphatic hydroxyl groups is 1. The number of carbonyl (C=O) groups is 1. The second kappa shape index (κ2) is 5.78. The summed E-state index contributed by atoms with van der Waals surface area (Å²) in [6.07, 6.45) is 5.10. The average Bonchev–Trinajstić information content (AvgIpc) is 2.84. The summed E-state index contributed by atoms with van der Waals surface area (Å²) in [6.45, 7) is 0.392. The van der Waals surface area contributed by atoms with Crippen LogP contribution in [0.2, 0.25) is 0 Å². The van der Waals surface area contributed by atoms with Gasteiger partial charge in [-0.1, -0.05) is 43.5 Å². The molecular weight excluding hydrogens is 264 g/mol. The Morgan fingerprint density at radius 3 is 2.71 bits per heavy atom. The van der Waals surface area contributed by atoms with Crippen LogP contribution in [0.4, 0.5) is 0 Å². The lowest BCUT2D eigenvalue weighted by Gasteiger charge is -2.36. The van der Waals surface area contributed by atoms with Crippen LogP contribution in [0.3, 0.4) is 0 Å². The van der Waals surface area contributed by atoms with Gasteiger partial charge >= 0.3 is 0 Å². The highest BCUT2D eigenvalue weighted by Crippen LogP contribution is 2.38. The molecule has 1 aromatic rings. The first-order chi connectivity index (χ1) is 10.2. The summed E-state index contributed by atoms with van der Waals surface area (Å²) in [5.41, 5.74) is 7.65. The van der Waals surface area contributed by atoms with Crippen LogP contribution in [-0.2, 0) is 11.2 Å². The maximum atomic E-state index is 12.8. The van der Waals surface area contributed by atoms with Gasteiger partial charge in [-0.3, -0.25) is 4.79 Å². The molecule has 21 heavy (non-hydrogen) atoms. The van der Waals surface area contributed by atoms with E-state index in [4.69, 9.17) is 5.73 Å². The van der Waals surface area contributed by atoms with Gasteiger partial charge in [0, 0.05) is 13.0 Å². The van der Waals surface area contributed by atoms with Crippen molar-refractivity contribution >= 4 is 5.91 Å². The molecule has 1 fully saturated rings. The molecule has 114 valence electrons. The molecule has 4 nitrogen and oxygen atoms in total. The van der Waals surface area contributed by atoms with Crippen molar-refractivity contribution < 1.29 is 9.90 Å². The van der Waals surface area contributed by atoms with Gasteiger partial charge in [0.05, 0.1) is 17.6 Å². The molecule has 0 radical (unpaired) electrons. The number of aliphatic hydroxyl groups excluding tert-OH is 1. The van der Waals surface area contributed by atoms with Gasteiger partial charge in [-0.05, 0) is 24.0 Å². The summed E-state index contributed by atoms with van der Waals surface area (Å²) < 4.78 is 0. The molecule has 1 amide bonds. The molecular formula is C17H24N2O2. The molecule has 4 N–H and O–H groups in total. The van der Waals surface area contributed by atoms with Gasteiger partial charge in [-0.15, -0.1) is 0 Å². The van der Waals surface area contributed by atoms with Crippen LogP contribution in [0, 0.1) is 5.41 Å². The molecule has 3 rings (SSSR count). The molecule has 0 heterocycles. The first-order valence-electron chi connectivity index (χ1n) is 7.93. The Labute approximate surface area is 125 Å². The van der Waals surface area contributed by atoms with E-state index in [1.807, 2.05) is 24.3 Å². The summed E-state index contributed by atoms with van der Waals surface area (Å²) in [6, 6.07) is 7.64. The van der Waals surface area contributed by atoms with E-state index in [1.54, 1.807) is 0 Å². The highest BCUT2D eigenvalue weighted by Gasteiger charge is 2.41. The number of hydrogen-bond acceptors (Lipinski definition) is 3. The first kappa shape index (κ1) is 14.5. The van der Waals surface area contributed by atoms with Crippen LogP contribution in [0.5, 0.6) is 0 Å². The number of nitrogens with one attached hydrogen (secondary N) is 1. The standard InChI is InChI=1S/C17H24N2O2/c18-11-17(8-4-1-5-9-17)16(21)19-15-13-7-3-2-6-12(13)10-14(15)20/h2-3,6-7,14-15,20H,1,4-5,8-11,18H2,(H,19,21)/t14-,15+/m1/s1. The number of amides is 1. The van der Waals surface area contributed by atoms with Crippen molar-refractivity contribution in [1.82, 2.24) is 5.32 Å². The van der Waals surface area contributed by atoms with Gasteiger partial charge in [0.2, 0.25) is 5.91 Å². The highest BCUT2D eigenvalue weighted by atomic mass is 16.3. The van der Waals surface area contributed by atoms with Crippen LogP contribution >= 0.6 is 0 Å². The SMILES string of the molecule is NCC1(C(=O)N[C@H]2c3ccccc3C[C@H]2O)CCCCC1. The van der Waals surface area contributed by atoms with E-state index in [1.165, 1.54) is 6.42 Å². The Bertz CT molecular complexity index is 523. The minimum absolute atomic E-state index is 0.0189. The van der Waals surface area contributed by atoms with E-state index in [0.29, 0.717) is 13.0 Å². The van der Waals surface area contributed by atoms with Crippen LogP contribution in [0.1, 0.15) is 49.3 Å². The molecule has 0 saturated heterocycles. The molecule has 0 unspecified atom stereocenters. The predicted molar refractivity (Wildman–Crippen MR) is 81.6 cm³/mol. The Balaban J connectivity index is 1.78. The summed E-state index contributed by atoms with van der Waals surface area (Å²) in [4.78, 5) is 12.8. The van der Waals surface area contributed by atoms with Crippen molar-refractivity contribution in [3.05, 3.63) is 35.4 Å². The minimum atomic E-state index is -0.537. The summed E-state index contributed by atoms with van der Waals surface area (Å²) in [7, 11) is 0. The monoisotopic (exact) mass is 288 g/mol. The van der Waals surface area contributed by atoms with Crippen molar-refractivity contribution in [2.75, 3.05) is 6.54 Å². The van der Waals surface area contributed by atoms with E-state index in [0.717, 1.165) is 36.8 Å². The highest BCUT2D eigenvalue weighted by molar-refractivity contribution is 5.83. The van der Waals surface area contributed by atoms with Crippen molar-refractivity contribution in [3.63, 3.8) is 0 Å². The third-order valence-corrected chi connectivity index (χ3v) is 5.17. The lowest BCUT2D eigenvalue weighted by molar-refractivity contribution is -0.134. The van der Waals surface area contributed by atoms with Crippen LogP contribution < -0.4 is 11.1 Å². The molecule has 4 heteroatoms. The van der Waals surface area contributed by atoms with Crippen molar-refractivity contribution in [1.29, 1.82) is 0 Å². The molecule has 2 aliphatic rings. The number of fused-ring (bicyclic) bond motifs is 1. The number of nitrogens with two attached hydrogens (primary N) is 1. The molecule has 0 aromatic heterocycles. The molecule has 1 saturated carbocycles. The number of hydrogen-bond donors (Lipinski definition) is 3. The average molecular weight is 288 g/mol. The second-order valence-corrected chi connectivity index (χ2v) is 6.47. The van der Waals surface area contributed by atoms with E-state index in [2.05, 4.69) is 5.32 Å². The van der Waals surface area contributed by atoms with Gasteiger partial charge in [-0.2, -0.15) is 0 Å². The van der Waals surface area contributed by atoms with Crippen LogP contribution in [0.15, 0.2) is 24.3 Å². The first-order valence-corrected chi connectivity index (χ1v) is 7.93. The molecule has 0 aliphatic heterocycles. The molecule has 2 aliphatic carbocycles. The number of rotatable bonds is 3. The van der Waals surface area contributed by atoms with Gasteiger partial charge in [0.1, 0.15) is 0 Å². The number of carbonyl (C=O) groups excluding carboxylic acids is 1. The van der Waals surface area contributed by atoms with E-state index < -0.39 is 11.5 Å². The molecule has 2 atom stereocenters. The Kier molecular flexibility index (Phi) is 4.00. The van der Waals surface area contributed by atoms with Gasteiger partial charge in [0.15, 0.2) is 0 Å². The fourth-order valence-corrected chi connectivity index (χ4v) is 3.79. The second-order valence-electron chi connectivity index (χ2n) is 6.47. The van der Waals surface area contributed by atoms with Gasteiger partial charge in [-0.25, -0.2) is 0 Å². The Morgan fingerprint density at radius 2 is 2.00 bits per heavy atom. The maximum absolute atomic E-state index is 12.8. The zero-order valence-corrected chi connectivity index (χ0v) is 12.3. The minimum Gasteiger partial charge on any atom is -0.390 e. The van der Waals surface area contributed by atoms with Gasteiger partial charge in [0.25, 0.3) is 0 Å². The quantitative estimate of drug-likeness (QED) is 0.792. The molecule has 0 spiro atoms. The lowest BCUT2D eigenvalue weighted by Crippen LogP contribution is -2.49. The fourth-order valence-electron chi connectivity index (χ4n) is 3.79. The zero-order chi connectivity index (χ0) is 14.9. The van der Waals surface area contributed by atoms with Crippen LogP contribution in [-0.4, -0.2) is 23.7 Å². The Hall–Kier alpha value is -1.39.